The van der Waals surface area contributed by atoms with Crippen molar-refractivity contribution in [2.24, 2.45) is 5.73 Å². The molecule has 0 fully saturated rings. The first-order valence-electron chi connectivity index (χ1n) is 5.95. The van der Waals surface area contributed by atoms with E-state index in [1.807, 2.05) is 0 Å². The van der Waals surface area contributed by atoms with Crippen LogP contribution in [0.3, 0.4) is 0 Å². The minimum Gasteiger partial charge on any atom is -0.462 e. The molecule has 0 aliphatic rings. The summed E-state index contributed by atoms with van der Waals surface area (Å²) in [6, 6.07) is 0. The maximum Gasteiger partial charge on any atom is 0.472 e. The molecule has 0 bridgehead atoms. The first-order valence-corrected chi connectivity index (χ1v) is 7.45. The Labute approximate surface area is 116 Å². The summed E-state index contributed by atoms with van der Waals surface area (Å²) in [5.41, 5.74) is 5.12. The highest BCUT2D eigenvalue weighted by Gasteiger charge is 2.25. The van der Waals surface area contributed by atoms with Crippen LogP contribution in [0.25, 0.3) is 0 Å². The lowest BCUT2D eigenvalue weighted by atomic mass is 10.4. The van der Waals surface area contributed by atoms with E-state index in [1.54, 1.807) is 6.92 Å². The van der Waals surface area contributed by atoms with Crippen molar-refractivity contribution >= 4 is 19.8 Å². The van der Waals surface area contributed by atoms with Gasteiger partial charge in [0, 0.05) is 19.9 Å². The van der Waals surface area contributed by atoms with Crippen LogP contribution >= 0.6 is 7.82 Å². The van der Waals surface area contributed by atoms with Gasteiger partial charge in [0.2, 0.25) is 0 Å². The first-order chi connectivity index (χ1) is 9.30. The van der Waals surface area contributed by atoms with Crippen LogP contribution in [0.5, 0.6) is 0 Å². The van der Waals surface area contributed by atoms with Crippen LogP contribution in [-0.4, -0.2) is 49.3 Å². The SMILES string of the molecule is CCC(=O)OC(COC(C)=O)COP(=O)(O)OCCN. The predicted molar refractivity (Wildman–Crippen MR) is 67.6 cm³/mol. The number of esters is 2. The van der Waals surface area contributed by atoms with Crippen molar-refractivity contribution in [3.63, 3.8) is 0 Å². The van der Waals surface area contributed by atoms with Crippen molar-refractivity contribution < 1.29 is 37.6 Å². The van der Waals surface area contributed by atoms with Gasteiger partial charge in [-0.1, -0.05) is 6.92 Å². The number of carbonyl (C=O) groups excluding carboxylic acids is 2. The molecule has 0 radical (unpaired) electrons. The second-order valence-corrected chi connectivity index (χ2v) is 5.11. The molecule has 0 saturated carbocycles. The average molecular weight is 313 g/mol. The molecule has 2 atom stereocenters. The molecule has 0 amide bonds. The van der Waals surface area contributed by atoms with Crippen LogP contribution in [0.1, 0.15) is 20.3 Å². The molecule has 20 heavy (non-hydrogen) atoms. The molecule has 0 spiro atoms. The zero-order valence-corrected chi connectivity index (χ0v) is 12.3. The zero-order chi connectivity index (χ0) is 15.6. The largest absolute Gasteiger partial charge is 0.472 e. The highest BCUT2D eigenvalue weighted by molar-refractivity contribution is 7.47. The van der Waals surface area contributed by atoms with Crippen LogP contribution < -0.4 is 5.73 Å². The van der Waals surface area contributed by atoms with Crippen molar-refractivity contribution in [2.75, 3.05) is 26.4 Å². The van der Waals surface area contributed by atoms with E-state index < -0.39 is 32.5 Å². The van der Waals surface area contributed by atoms with Gasteiger partial charge in [0.15, 0.2) is 6.10 Å². The standard InChI is InChI=1S/C10H20NO8P/c1-3-10(13)19-9(6-16-8(2)12)7-18-20(14,15)17-5-4-11/h9H,3-7,11H2,1-2H3,(H,14,15). The first kappa shape index (κ1) is 19.0. The summed E-state index contributed by atoms with van der Waals surface area (Å²) in [6.45, 7) is 1.93. The fourth-order valence-electron chi connectivity index (χ4n) is 0.978. The Morgan fingerprint density at radius 1 is 1.30 bits per heavy atom. The summed E-state index contributed by atoms with van der Waals surface area (Å²) in [5, 5.41) is 0. The molecule has 0 aromatic heterocycles. The summed E-state index contributed by atoms with van der Waals surface area (Å²) < 4.78 is 30.1. The summed E-state index contributed by atoms with van der Waals surface area (Å²) in [7, 11) is -4.27. The molecule has 10 heteroatoms. The maximum atomic E-state index is 11.4. The van der Waals surface area contributed by atoms with Crippen molar-refractivity contribution in [3.8, 4) is 0 Å². The normalized spacial score (nSPS) is 15.2. The minimum absolute atomic E-state index is 0.0512. The lowest BCUT2D eigenvalue weighted by Crippen LogP contribution is -2.29. The van der Waals surface area contributed by atoms with E-state index in [4.69, 9.17) is 10.5 Å². The Bertz CT molecular complexity index is 361. The Kier molecular flexibility index (Phi) is 9.35. The van der Waals surface area contributed by atoms with Gasteiger partial charge < -0.3 is 20.1 Å². The number of ether oxygens (including phenoxy) is 2. The van der Waals surface area contributed by atoms with E-state index in [0.29, 0.717) is 0 Å². The molecule has 2 unspecified atom stereocenters. The number of rotatable bonds is 10. The van der Waals surface area contributed by atoms with E-state index in [1.165, 1.54) is 6.92 Å². The van der Waals surface area contributed by atoms with Gasteiger partial charge >= 0.3 is 19.8 Å². The van der Waals surface area contributed by atoms with Crippen LogP contribution in [-0.2, 0) is 32.7 Å². The van der Waals surface area contributed by atoms with Gasteiger partial charge in [0.05, 0.1) is 13.2 Å². The van der Waals surface area contributed by atoms with Crippen molar-refractivity contribution in [3.05, 3.63) is 0 Å². The molecular formula is C10H20NO8P. The Morgan fingerprint density at radius 3 is 2.45 bits per heavy atom. The molecule has 0 aliphatic carbocycles. The quantitative estimate of drug-likeness (QED) is 0.421. The number of carbonyl (C=O) groups is 2. The van der Waals surface area contributed by atoms with Crippen molar-refractivity contribution in [1.82, 2.24) is 0 Å². The molecule has 0 rings (SSSR count). The third kappa shape index (κ3) is 9.88. The number of nitrogens with two attached hydrogens (primary N) is 1. The highest BCUT2D eigenvalue weighted by atomic mass is 31.2. The van der Waals surface area contributed by atoms with Gasteiger partial charge in [0.1, 0.15) is 6.61 Å². The third-order valence-electron chi connectivity index (χ3n) is 1.86. The smallest absolute Gasteiger partial charge is 0.462 e. The number of hydrogen-bond acceptors (Lipinski definition) is 8. The van der Waals surface area contributed by atoms with Gasteiger partial charge in [-0.25, -0.2) is 4.57 Å². The van der Waals surface area contributed by atoms with Gasteiger partial charge in [0.25, 0.3) is 0 Å². The van der Waals surface area contributed by atoms with Crippen LogP contribution in [0, 0.1) is 0 Å². The van der Waals surface area contributed by atoms with Crippen molar-refractivity contribution in [1.29, 1.82) is 0 Å². The maximum absolute atomic E-state index is 11.4. The second kappa shape index (κ2) is 9.84. The Hall–Kier alpha value is -0.990. The van der Waals surface area contributed by atoms with E-state index in [9.17, 15) is 19.0 Å². The molecule has 0 aliphatic heterocycles. The number of phosphoric acid groups is 1. The molecule has 0 aromatic rings. The molecule has 9 nitrogen and oxygen atoms in total. The van der Waals surface area contributed by atoms with Gasteiger partial charge in [-0.2, -0.15) is 0 Å². The lowest BCUT2D eigenvalue weighted by Gasteiger charge is -2.19. The van der Waals surface area contributed by atoms with E-state index in [-0.39, 0.29) is 26.2 Å². The molecule has 118 valence electrons. The molecule has 0 aromatic carbocycles. The minimum atomic E-state index is -4.27. The van der Waals surface area contributed by atoms with Crippen molar-refractivity contribution in [2.45, 2.75) is 26.4 Å². The van der Waals surface area contributed by atoms with Gasteiger partial charge in [-0.05, 0) is 0 Å². The number of phosphoric ester groups is 1. The van der Waals surface area contributed by atoms with E-state index in [0.717, 1.165) is 0 Å². The van der Waals surface area contributed by atoms with Crippen LogP contribution in [0.2, 0.25) is 0 Å². The zero-order valence-electron chi connectivity index (χ0n) is 11.4. The molecular weight excluding hydrogens is 293 g/mol. The summed E-state index contributed by atoms with van der Waals surface area (Å²) in [6.07, 6.45) is -0.884. The molecule has 0 heterocycles. The molecule has 3 N–H and O–H groups in total. The summed E-state index contributed by atoms with van der Waals surface area (Å²) >= 11 is 0. The van der Waals surface area contributed by atoms with E-state index in [2.05, 4.69) is 13.8 Å². The second-order valence-electron chi connectivity index (χ2n) is 3.65. The van der Waals surface area contributed by atoms with Gasteiger partial charge in [-0.15, -0.1) is 0 Å². The summed E-state index contributed by atoms with van der Waals surface area (Å²) in [4.78, 5) is 31.1. The fourth-order valence-corrected chi connectivity index (χ4v) is 1.74. The fraction of sp³-hybridized carbons (Fsp3) is 0.800. The van der Waals surface area contributed by atoms with E-state index >= 15 is 0 Å². The van der Waals surface area contributed by atoms with Crippen LogP contribution in [0.4, 0.5) is 0 Å². The highest BCUT2D eigenvalue weighted by Crippen LogP contribution is 2.42. The average Bonchev–Trinajstić information content (AvgIpc) is 2.39. The third-order valence-corrected chi connectivity index (χ3v) is 2.84. The lowest BCUT2D eigenvalue weighted by molar-refractivity contribution is -0.159. The predicted octanol–water partition coefficient (Wildman–Crippen LogP) is -0.0364. The number of hydrogen-bond donors (Lipinski definition) is 2. The Morgan fingerprint density at radius 2 is 1.95 bits per heavy atom. The van der Waals surface area contributed by atoms with Crippen LogP contribution in [0.15, 0.2) is 0 Å². The summed E-state index contributed by atoms with van der Waals surface area (Å²) in [5.74, 6) is -1.13. The monoisotopic (exact) mass is 313 g/mol. The topological polar surface area (TPSA) is 134 Å². The molecule has 0 saturated heterocycles. The van der Waals surface area contributed by atoms with Gasteiger partial charge in [-0.3, -0.25) is 18.6 Å². The Balaban J connectivity index is 4.36.